The number of hydrogen-bond donors (Lipinski definition) is 0. The van der Waals surface area contributed by atoms with Gasteiger partial charge in [0.1, 0.15) is 21.7 Å². The predicted molar refractivity (Wildman–Crippen MR) is 93.2 cm³/mol. The standard InChI is InChI=1S/C13H8Cl4N4S/c1-5-18-11(17)9-12(19-5)21(20-13(9)22-2)10-7(15)3-6(14)4-8(10)16/h3-4H,1-2H3. The molecule has 22 heavy (non-hydrogen) atoms. The highest BCUT2D eigenvalue weighted by Gasteiger charge is 2.21. The zero-order valence-electron chi connectivity index (χ0n) is 11.4. The highest BCUT2D eigenvalue weighted by atomic mass is 35.5. The lowest BCUT2D eigenvalue weighted by molar-refractivity contribution is 0.849. The minimum Gasteiger partial charge on any atom is -0.221 e. The Morgan fingerprint density at radius 3 is 2.27 bits per heavy atom. The molecule has 0 aliphatic carbocycles. The molecule has 3 rings (SSSR count). The van der Waals surface area contributed by atoms with Gasteiger partial charge in [0.2, 0.25) is 0 Å². The second-order valence-corrected chi connectivity index (χ2v) is 6.80. The maximum absolute atomic E-state index is 6.29. The molecule has 2 aromatic heterocycles. The second kappa shape index (κ2) is 6.06. The molecule has 4 nitrogen and oxygen atoms in total. The molecular weight excluding hydrogens is 386 g/mol. The molecule has 1 aromatic carbocycles. The van der Waals surface area contributed by atoms with Crippen LogP contribution in [0.1, 0.15) is 5.82 Å². The van der Waals surface area contributed by atoms with Crippen molar-refractivity contribution in [1.82, 2.24) is 19.7 Å². The Labute approximate surface area is 150 Å². The summed E-state index contributed by atoms with van der Waals surface area (Å²) in [5, 5.41) is 7.43. The fourth-order valence-corrected chi connectivity index (χ4v) is 3.97. The van der Waals surface area contributed by atoms with Crippen LogP contribution in [0.2, 0.25) is 20.2 Å². The van der Waals surface area contributed by atoms with E-state index in [1.165, 1.54) is 11.8 Å². The fraction of sp³-hybridized carbons (Fsp3) is 0.154. The van der Waals surface area contributed by atoms with Gasteiger partial charge in [-0.3, -0.25) is 0 Å². The van der Waals surface area contributed by atoms with Crippen molar-refractivity contribution in [2.45, 2.75) is 11.9 Å². The van der Waals surface area contributed by atoms with Crippen LogP contribution in [0.25, 0.3) is 16.7 Å². The van der Waals surface area contributed by atoms with Gasteiger partial charge in [-0.2, -0.15) is 5.10 Å². The van der Waals surface area contributed by atoms with Crippen LogP contribution in [-0.4, -0.2) is 26.0 Å². The van der Waals surface area contributed by atoms with Gasteiger partial charge < -0.3 is 0 Å². The molecule has 0 saturated carbocycles. The van der Waals surface area contributed by atoms with Gasteiger partial charge in [-0.05, 0) is 25.3 Å². The minimum atomic E-state index is 0.347. The van der Waals surface area contributed by atoms with E-state index in [1.807, 2.05) is 6.26 Å². The van der Waals surface area contributed by atoms with E-state index in [0.717, 1.165) is 0 Å². The summed E-state index contributed by atoms with van der Waals surface area (Å²) in [7, 11) is 0. The van der Waals surface area contributed by atoms with Gasteiger partial charge in [0, 0.05) is 5.02 Å². The Morgan fingerprint density at radius 2 is 1.68 bits per heavy atom. The lowest BCUT2D eigenvalue weighted by Crippen LogP contribution is -2.01. The maximum Gasteiger partial charge on any atom is 0.169 e. The van der Waals surface area contributed by atoms with Crippen LogP contribution in [0.15, 0.2) is 17.2 Å². The molecule has 114 valence electrons. The third-order valence-electron chi connectivity index (χ3n) is 2.95. The van der Waals surface area contributed by atoms with Crippen molar-refractivity contribution in [2.24, 2.45) is 0 Å². The lowest BCUT2D eigenvalue weighted by atomic mass is 10.3. The zero-order valence-corrected chi connectivity index (χ0v) is 15.2. The number of nitrogens with zero attached hydrogens (tertiary/aromatic N) is 4. The molecule has 0 saturated heterocycles. The Hall–Kier alpha value is -0.720. The van der Waals surface area contributed by atoms with Gasteiger partial charge in [-0.25, -0.2) is 14.6 Å². The summed E-state index contributed by atoms with van der Waals surface area (Å²) in [6.45, 7) is 1.76. The van der Waals surface area contributed by atoms with Crippen LogP contribution in [-0.2, 0) is 0 Å². The summed E-state index contributed by atoms with van der Waals surface area (Å²) in [6, 6.07) is 3.21. The molecule has 0 aliphatic heterocycles. The van der Waals surface area contributed by atoms with E-state index in [1.54, 1.807) is 23.7 Å². The van der Waals surface area contributed by atoms with Gasteiger partial charge in [0.25, 0.3) is 0 Å². The molecule has 3 aromatic rings. The third-order valence-corrected chi connectivity index (χ3v) is 4.69. The molecule has 0 N–H and O–H groups in total. The third kappa shape index (κ3) is 2.65. The number of halogens is 4. The van der Waals surface area contributed by atoms with E-state index >= 15 is 0 Å². The summed E-state index contributed by atoms with van der Waals surface area (Å²) < 4.78 is 1.57. The first-order valence-electron chi connectivity index (χ1n) is 6.04. The Balaban J connectivity index is 2.42. The van der Waals surface area contributed by atoms with E-state index in [0.29, 0.717) is 47.8 Å². The molecule has 0 radical (unpaired) electrons. The molecule has 0 unspecified atom stereocenters. The van der Waals surface area contributed by atoms with Crippen molar-refractivity contribution >= 4 is 69.2 Å². The van der Waals surface area contributed by atoms with Gasteiger partial charge >= 0.3 is 0 Å². The molecule has 9 heteroatoms. The summed E-state index contributed by atoms with van der Waals surface area (Å²) in [5.74, 6) is 0.535. The van der Waals surface area contributed by atoms with Gasteiger partial charge in [-0.1, -0.05) is 46.4 Å². The first-order valence-corrected chi connectivity index (χ1v) is 8.77. The molecule has 0 aliphatic rings. The molecule has 0 amide bonds. The van der Waals surface area contributed by atoms with E-state index in [-0.39, 0.29) is 0 Å². The van der Waals surface area contributed by atoms with Crippen molar-refractivity contribution in [3.05, 3.63) is 38.2 Å². The van der Waals surface area contributed by atoms with Crippen molar-refractivity contribution in [1.29, 1.82) is 0 Å². The molecule has 0 spiro atoms. The summed E-state index contributed by atoms with van der Waals surface area (Å²) in [4.78, 5) is 8.60. The van der Waals surface area contributed by atoms with Gasteiger partial charge in [0.05, 0.1) is 15.4 Å². The topological polar surface area (TPSA) is 43.6 Å². The highest BCUT2D eigenvalue weighted by molar-refractivity contribution is 7.98. The molecular formula is C13H8Cl4N4S. The van der Waals surface area contributed by atoms with Gasteiger partial charge in [0.15, 0.2) is 5.65 Å². The number of hydrogen-bond acceptors (Lipinski definition) is 4. The van der Waals surface area contributed by atoms with Crippen molar-refractivity contribution in [3.8, 4) is 5.69 Å². The van der Waals surface area contributed by atoms with Crippen LogP contribution in [0, 0.1) is 6.92 Å². The normalized spacial score (nSPS) is 11.4. The van der Waals surface area contributed by atoms with E-state index in [4.69, 9.17) is 46.4 Å². The summed E-state index contributed by atoms with van der Waals surface area (Å²) in [6.07, 6.45) is 1.90. The number of aromatic nitrogens is 4. The molecule has 0 fully saturated rings. The fourth-order valence-electron chi connectivity index (χ4n) is 2.09. The minimum absolute atomic E-state index is 0.347. The summed E-state index contributed by atoms with van der Waals surface area (Å²) in [5.41, 5.74) is 1.06. The number of benzene rings is 1. The first-order chi connectivity index (χ1) is 10.4. The lowest BCUT2D eigenvalue weighted by Gasteiger charge is -2.08. The summed E-state index contributed by atoms with van der Waals surface area (Å²) >= 11 is 26.2. The van der Waals surface area contributed by atoms with Gasteiger partial charge in [-0.15, -0.1) is 11.8 Å². The second-order valence-electron chi connectivity index (χ2n) is 4.40. The van der Waals surface area contributed by atoms with Crippen LogP contribution >= 0.6 is 58.2 Å². The molecule has 0 bridgehead atoms. The number of aryl methyl sites for hydroxylation is 1. The quantitative estimate of drug-likeness (QED) is 0.428. The Bertz CT molecular complexity index is 870. The molecule has 2 heterocycles. The monoisotopic (exact) mass is 392 g/mol. The van der Waals surface area contributed by atoms with E-state index in [9.17, 15) is 0 Å². The smallest absolute Gasteiger partial charge is 0.169 e. The largest absolute Gasteiger partial charge is 0.221 e. The van der Waals surface area contributed by atoms with E-state index in [2.05, 4.69) is 15.1 Å². The zero-order chi connectivity index (χ0) is 16.0. The van der Waals surface area contributed by atoms with Crippen molar-refractivity contribution < 1.29 is 0 Å². The van der Waals surface area contributed by atoms with E-state index < -0.39 is 0 Å². The van der Waals surface area contributed by atoms with Crippen LogP contribution in [0.5, 0.6) is 0 Å². The first kappa shape index (κ1) is 16.1. The Morgan fingerprint density at radius 1 is 1.05 bits per heavy atom. The SMILES string of the molecule is CSc1nn(-c2c(Cl)cc(Cl)cc2Cl)c2nc(C)nc(Cl)c12. The number of fused-ring (bicyclic) bond motifs is 1. The van der Waals surface area contributed by atoms with Crippen LogP contribution in [0.3, 0.4) is 0 Å². The van der Waals surface area contributed by atoms with Crippen LogP contribution < -0.4 is 0 Å². The number of thioether (sulfide) groups is 1. The van der Waals surface area contributed by atoms with Crippen LogP contribution in [0.4, 0.5) is 0 Å². The highest BCUT2D eigenvalue weighted by Crippen LogP contribution is 2.37. The molecule has 0 atom stereocenters. The number of rotatable bonds is 2. The maximum atomic E-state index is 6.29. The van der Waals surface area contributed by atoms with Crippen molar-refractivity contribution in [2.75, 3.05) is 6.26 Å². The predicted octanol–water partition coefficient (Wildman–Crippen LogP) is 5.46. The van der Waals surface area contributed by atoms with Crippen molar-refractivity contribution in [3.63, 3.8) is 0 Å². The Kier molecular flexibility index (Phi) is 4.45. The average molecular weight is 394 g/mol. The average Bonchev–Trinajstić information content (AvgIpc) is 2.76.